The van der Waals surface area contributed by atoms with Crippen LogP contribution < -0.4 is 14.9 Å². The first kappa shape index (κ1) is 20.7. The van der Waals surface area contributed by atoms with Crippen LogP contribution >= 0.6 is 11.3 Å². The number of thiophene rings is 1. The maximum atomic E-state index is 12.0. The Hall–Kier alpha value is -4.05. The smallest absolute Gasteiger partial charge is 0.353 e. The van der Waals surface area contributed by atoms with Crippen molar-refractivity contribution in [3.8, 4) is 11.5 Å². The number of nitro groups is 1. The number of ether oxygens (including phenoxy) is 2. The molecule has 10 heteroatoms. The second-order valence-corrected chi connectivity index (χ2v) is 6.69. The van der Waals surface area contributed by atoms with Crippen molar-refractivity contribution >= 4 is 35.1 Å². The van der Waals surface area contributed by atoms with Crippen LogP contribution in [0.4, 0.5) is 5.69 Å². The van der Waals surface area contributed by atoms with Gasteiger partial charge in [-0.25, -0.2) is 10.2 Å². The number of rotatable bonds is 8. The number of nitrogens with one attached hydrogen (secondary N) is 1. The van der Waals surface area contributed by atoms with Crippen molar-refractivity contribution in [2.24, 2.45) is 5.10 Å². The van der Waals surface area contributed by atoms with Crippen molar-refractivity contribution in [1.82, 2.24) is 5.43 Å². The molecule has 0 spiro atoms. The average Bonchev–Trinajstić information content (AvgIpc) is 3.28. The maximum Gasteiger partial charge on any atom is 0.353 e. The van der Waals surface area contributed by atoms with Crippen molar-refractivity contribution in [3.63, 3.8) is 0 Å². The lowest BCUT2D eigenvalue weighted by Crippen LogP contribution is -2.24. The molecular formula is C20H15N3O6S. The van der Waals surface area contributed by atoms with Crippen LogP contribution in [0.25, 0.3) is 0 Å². The van der Waals surface area contributed by atoms with Crippen LogP contribution in [0.5, 0.6) is 11.5 Å². The van der Waals surface area contributed by atoms with Gasteiger partial charge in [0, 0.05) is 6.07 Å². The molecule has 1 amide bonds. The van der Waals surface area contributed by atoms with Gasteiger partial charge in [-0.1, -0.05) is 30.3 Å². The molecule has 3 aromatic rings. The van der Waals surface area contributed by atoms with Gasteiger partial charge in [0.25, 0.3) is 5.91 Å². The minimum atomic E-state index is -0.594. The summed E-state index contributed by atoms with van der Waals surface area (Å²) in [5, 5.41) is 16.5. The summed E-state index contributed by atoms with van der Waals surface area (Å²) in [7, 11) is 0. The predicted octanol–water partition coefficient (Wildman–Crippen LogP) is 3.40. The lowest BCUT2D eigenvalue weighted by atomic mass is 10.2. The van der Waals surface area contributed by atoms with Crippen LogP contribution in [0, 0.1) is 10.1 Å². The molecule has 1 aromatic heterocycles. The van der Waals surface area contributed by atoms with E-state index in [-0.39, 0.29) is 11.4 Å². The number of hydrogen-bond donors (Lipinski definition) is 1. The molecule has 3 rings (SSSR count). The third-order valence-corrected chi connectivity index (χ3v) is 4.46. The molecule has 2 aromatic carbocycles. The van der Waals surface area contributed by atoms with E-state index in [4.69, 9.17) is 9.47 Å². The number of hydrogen-bond acceptors (Lipinski definition) is 8. The lowest BCUT2D eigenvalue weighted by molar-refractivity contribution is -0.385. The summed E-state index contributed by atoms with van der Waals surface area (Å²) in [5.41, 5.74) is 2.62. The van der Waals surface area contributed by atoms with Gasteiger partial charge in [-0.2, -0.15) is 5.10 Å². The lowest BCUT2D eigenvalue weighted by Gasteiger charge is -2.05. The van der Waals surface area contributed by atoms with Crippen LogP contribution in [0.2, 0.25) is 0 Å². The second-order valence-electron chi connectivity index (χ2n) is 5.75. The molecule has 0 atom stereocenters. The molecule has 30 heavy (non-hydrogen) atoms. The Labute approximate surface area is 174 Å². The number of carbonyl (C=O) groups excluding carboxylic acids is 2. The van der Waals surface area contributed by atoms with Crippen LogP contribution in [0.3, 0.4) is 0 Å². The van der Waals surface area contributed by atoms with Crippen molar-refractivity contribution < 1.29 is 24.0 Å². The van der Waals surface area contributed by atoms with Crippen molar-refractivity contribution in [2.45, 2.75) is 0 Å². The monoisotopic (exact) mass is 425 g/mol. The number of hydrazone groups is 1. The topological polar surface area (TPSA) is 120 Å². The zero-order valence-corrected chi connectivity index (χ0v) is 16.2. The fourth-order valence-electron chi connectivity index (χ4n) is 2.29. The van der Waals surface area contributed by atoms with E-state index >= 15 is 0 Å². The molecule has 0 aliphatic heterocycles. The van der Waals surface area contributed by atoms with E-state index in [0.29, 0.717) is 16.2 Å². The summed E-state index contributed by atoms with van der Waals surface area (Å²) in [6.45, 7) is -0.444. The summed E-state index contributed by atoms with van der Waals surface area (Å²) in [5.74, 6) is -0.727. The van der Waals surface area contributed by atoms with Gasteiger partial charge in [-0.15, -0.1) is 11.3 Å². The Morgan fingerprint density at radius 3 is 2.73 bits per heavy atom. The zero-order chi connectivity index (χ0) is 21.3. The number of nitrogens with zero attached hydrogens (tertiary/aromatic N) is 2. The van der Waals surface area contributed by atoms with Crippen LogP contribution in [0.15, 0.2) is 71.1 Å². The van der Waals surface area contributed by atoms with E-state index < -0.39 is 23.4 Å². The zero-order valence-electron chi connectivity index (χ0n) is 15.4. The SMILES string of the molecule is O=C(COc1ccccc1[N+](=O)[O-])N/N=C\c1cccc(OC(=O)c2cccs2)c1. The number of esters is 1. The maximum absolute atomic E-state index is 12.0. The highest BCUT2D eigenvalue weighted by Gasteiger charge is 2.14. The number of amides is 1. The van der Waals surface area contributed by atoms with Crippen LogP contribution in [-0.4, -0.2) is 29.6 Å². The molecule has 0 radical (unpaired) electrons. The summed E-state index contributed by atoms with van der Waals surface area (Å²) < 4.78 is 10.5. The minimum Gasteiger partial charge on any atom is -0.477 e. The van der Waals surface area contributed by atoms with E-state index in [1.54, 1.807) is 47.8 Å². The fourth-order valence-corrected chi connectivity index (χ4v) is 2.89. The molecule has 0 unspecified atom stereocenters. The van der Waals surface area contributed by atoms with Crippen LogP contribution in [-0.2, 0) is 4.79 Å². The normalized spacial score (nSPS) is 10.5. The predicted molar refractivity (Wildman–Crippen MR) is 110 cm³/mol. The number of benzene rings is 2. The number of carbonyl (C=O) groups is 2. The Balaban J connectivity index is 1.52. The summed E-state index contributed by atoms with van der Waals surface area (Å²) in [6.07, 6.45) is 1.37. The third-order valence-electron chi connectivity index (χ3n) is 3.61. The summed E-state index contributed by atoms with van der Waals surface area (Å²) in [6, 6.07) is 15.8. The quantitative estimate of drug-likeness (QED) is 0.194. The standard InChI is InChI=1S/C20H15N3O6S/c24-19(13-28-17-8-2-1-7-16(17)23(26)27)22-21-12-14-5-3-6-15(11-14)29-20(25)18-9-4-10-30-18/h1-12H,13H2,(H,22,24)/b21-12-. The van der Waals surface area contributed by atoms with E-state index in [0.717, 1.165) is 0 Å². The average molecular weight is 425 g/mol. The first-order valence-corrected chi connectivity index (χ1v) is 9.45. The number of nitro benzene ring substituents is 1. The molecule has 0 aliphatic rings. The van der Waals surface area contributed by atoms with E-state index in [2.05, 4.69) is 10.5 Å². The molecule has 0 aliphatic carbocycles. The van der Waals surface area contributed by atoms with Gasteiger partial charge in [-0.3, -0.25) is 14.9 Å². The largest absolute Gasteiger partial charge is 0.477 e. The molecule has 0 bridgehead atoms. The van der Waals surface area contributed by atoms with Crippen LogP contribution in [0.1, 0.15) is 15.2 Å². The van der Waals surface area contributed by atoms with Crippen molar-refractivity contribution in [2.75, 3.05) is 6.61 Å². The Morgan fingerprint density at radius 1 is 1.13 bits per heavy atom. The highest BCUT2D eigenvalue weighted by Crippen LogP contribution is 2.25. The third kappa shape index (κ3) is 5.72. The van der Waals surface area contributed by atoms with Crippen molar-refractivity contribution in [3.05, 3.63) is 86.6 Å². The number of para-hydroxylation sites is 2. The minimum absolute atomic E-state index is 0.0121. The van der Waals surface area contributed by atoms with Gasteiger partial charge in [0.15, 0.2) is 12.4 Å². The molecule has 9 nitrogen and oxygen atoms in total. The highest BCUT2D eigenvalue weighted by molar-refractivity contribution is 7.12. The fraction of sp³-hybridized carbons (Fsp3) is 0.0500. The molecule has 0 saturated carbocycles. The molecule has 0 fully saturated rings. The molecular weight excluding hydrogens is 410 g/mol. The molecule has 1 N–H and O–H groups in total. The first-order chi connectivity index (χ1) is 14.5. The Morgan fingerprint density at radius 2 is 1.97 bits per heavy atom. The molecule has 1 heterocycles. The van der Waals surface area contributed by atoms with Gasteiger partial charge in [-0.05, 0) is 35.2 Å². The Kier molecular flexibility index (Phi) is 6.85. The highest BCUT2D eigenvalue weighted by atomic mass is 32.1. The van der Waals surface area contributed by atoms with Gasteiger partial charge in [0.2, 0.25) is 0 Å². The van der Waals surface area contributed by atoms with Gasteiger partial charge < -0.3 is 9.47 Å². The van der Waals surface area contributed by atoms with E-state index in [1.165, 1.54) is 35.8 Å². The van der Waals surface area contributed by atoms with E-state index in [9.17, 15) is 19.7 Å². The van der Waals surface area contributed by atoms with Crippen molar-refractivity contribution in [1.29, 1.82) is 0 Å². The summed E-state index contributed by atoms with van der Waals surface area (Å²) >= 11 is 1.28. The molecule has 152 valence electrons. The summed E-state index contributed by atoms with van der Waals surface area (Å²) in [4.78, 5) is 34.6. The van der Waals surface area contributed by atoms with Gasteiger partial charge in [0.1, 0.15) is 10.6 Å². The second kappa shape index (κ2) is 9.94. The molecule has 0 saturated heterocycles. The first-order valence-electron chi connectivity index (χ1n) is 8.57. The van der Waals surface area contributed by atoms with Gasteiger partial charge >= 0.3 is 11.7 Å². The van der Waals surface area contributed by atoms with E-state index in [1.807, 2.05) is 0 Å². The Bertz CT molecular complexity index is 1080. The van der Waals surface area contributed by atoms with Gasteiger partial charge in [0.05, 0.1) is 11.1 Å².